The predicted molar refractivity (Wildman–Crippen MR) is 77.5 cm³/mol. The van der Waals surface area contributed by atoms with Crippen LogP contribution in [0.25, 0.3) is 0 Å². The number of ether oxygens (including phenoxy) is 1. The number of aromatic carboxylic acids is 1. The molecule has 1 aromatic heterocycles. The van der Waals surface area contributed by atoms with Crippen LogP contribution in [-0.4, -0.2) is 22.2 Å². The number of hydrogen-bond acceptors (Lipinski definition) is 2. The van der Waals surface area contributed by atoms with E-state index in [9.17, 15) is 4.79 Å². The van der Waals surface area contributed by atoms with Crippen molar-refractivity contribution in [2.24, 2.45) is 0 Å². The molecule has 0 spiro atoms. The highest BCUT2D eigenvalue weighted by molar-refractivity contribution is 5.89. The van der Waals surface area contributed by atoms with E-state index in [1.807, 2.05) is 49.6 Å². The van der Waals surface area contributed by atoms with Crippen molar-refractivity contribution in [3.05, 3.63) is 52.8 Å². The number of benzene rings is 1. The molecule has 2 aromatic rings. The Labute approximate surface area is 118 Å². The van der Waals surface area contributed by atoms with Crippen LogP contribution in [0.4, 0.5) is 0 Å². The summed E-state index contributed by atoms with van der Waals surface area (Å²) in [5.74, 6) is -0.0553. The third kappa shape index (κ3) is 3.02. The summed E-state index contributed by atoms with van der Waals surface area (Å²) < 4.78 is 7.65. The van der Waals surface area contributed by atoms with E-state index in [1.54, 1.807) is 6.07 Å². The minimum atomic E-state index is -0.885. The Bertz CT molecular complexity index is 611. The van der Waals surface area contributed by atoms with Crippen molar-refractivity contribution in [1.82, 2.24) is 4.57 Å². The van der Waals surface area contributed by atoms with E-state index in [4.69, 9.17) is 9.84 Å². The molecule has 0 fully saturated rings. The minimum absolute atomic E-state index is 0.359. The summed E-state index contributed by atoms with van der Waals surface area (Å²) in [6.07, 6.45) is 0. The predicted octanol–water partition coefficient (Wildman–Crippen LogP) is 3.19. The zero-order chi connectivity index (χ0) is 14.7. The normalized spacial score (nSPS) is 10.6. The lowest BCUT2D eigenvalue weighted by Gasteiger charge is -2.11. The topological polar surface area (TPSA) is 51.5 Å². The van der Waals surface area contributed by atoms with Crippen LogP contribution >= 0.6 is 0 Å². The molecule has 4 nitrogen and oxygen atoms in total. The third-order valence-corrected chi connectivity index (χ3v) is 3.41. The number of carbonyl (C=O) groups is 1. The fourth-order valence-electron chi connectivity index (χ4n) is 2.25. The number of nitrogens with zero attached hydrogens (tertiary/aromatic N) is 1. The molecule has 1 heterocycles. The lowest BCUT2D eigenvalue weighted by molar-refractivity contribution is 0.0696. The van der Waals surface area contributed by atoms with Crippen molar-refractivity contribution in [2.45, 2.75) is 27.3 Å². The van der Waals surface area contributed by atoms with Crippen LogP contribution < -0.4 is 4.74 Å². The quantitative estimate of drug-likeness (QED) is 0.910. The second-order valence-corrected chi connectivity index (χ2v) is 4.90. The molecule has 4 heteroatoms. The van der Waals surface area contributed by atoms with Crippen molar-refractivity contribution in [1.29, 1.82) is 0 Å². The molecular weight excluding hydrogens is 254 g/mol. The maximum Gasteiger partial charge on any atom is 0.337 e. The second kappa shape index (κ2) is 5.82. The highest BCUT2D eigenvalue weighted by Crippen LogP contribution is 2.16. The van der Waals surface area contributed by atoms with Gasteiger partial charge in [-0.25, -0.2) is 4.79 Å². The summed E-state index contributed by atoms with van der Waals surface area (Å²) in [6, 6.07) is 9.58. The molecule has 0 atom stereocenters. The van der Waals surface area contributed by atoms with E-state index in [0.29, 0.717) is 18.7 Å². The molecule has 0 saturated carbocycles. The Balaban J connectivity index is 2.01. The highest BCUT2D eigenvalue weighted by Gasteiger charge is 2.14. The molecule has 1 N–H and O–H groups in total. The van der Waals surface area contributed by atoms with Gasteiger partial charge in [-0.15, -0.1) is 0 Å². The molecule has 0 unspecified atom stereocenters. The van der Waals surface area contributed by atoms with E-state index < -0.39 is 5.97 Å². The van der Waals surface area contributed by atoms with E-state index in [0.717, 1.165) is 17.1 Å². The van der Waals surface area contributed by atoms with Crippen LogP contribution in [0.2, 0.25) is 0 Å². The van der Waals surface area contributed by atoms with Gasteiger partial charge in [-0.2, -0.15) is 0 Å². The van der Waals surface area contributed by atoms with Crippen LogP contribution in [0.5, 0.6) is 5.75 Å². The van der Waals surface area contributed by atoms with Crippen molar-refractivity contribution in [3.63, 3.8) is 0 Å². The van der Waals surface area contributed by atoms with E-state index in [-0.39, 0.29) is 0 Å². The fourth-order valence-corrected chi connectivity index (χ4v) is 2.25. The summed E-state index contributed by atoms with van der Waals surface area (Å²) in [5.41, 5.74) is 3.26. The molecule has 20 heavy (non-hydrogen) atoms. The van der Waals surface area contributed by atoms with Gasteiger partial charge in [-0.3, -0.25) is 0 Å². The lowest BCUT2D eigenvalue weighted by Crippen LogP contribution is -2.11. The van der Waals surface area contributed by atoms with Gasteiger partial charge in [0.2, 0.25) is 0 Å². The molecule has 0 aliphatic rings. The van der Waals surface area contributed by atoms with E-state index in [2.05, 4.69) is 0 Å². The number of carboxylic acid groups (broad SMARTS) is 1. The van der Waals surface area contributed by atoms with Crippen LogP contribution in [-0.2, 0) is 6.54 Å². The van der Waals surface area contributed by atoms with Crippen molar-refractivity contribution in [3.8, 4) is 5.75 Å². The fraction of sp³-hybridized carbons (Fsp3) is 0.312. The van der Waals surface area contributed by atoms with Crippen LogP contribution in [0, 0.1) is 20.8 Å². The maximum absolute atomic E-state index is 11.1. The number of aryl methyl sites for hydroxylation is 2. The van der Waals surface area contributed by atoms with Gasteiger partial charge >= 0.3 is 5.97 Å². The van der Waals surface area contributed by atoms with Gasteiger partial charge in [0.1, 0.15) is 12.4 Å². The number of carboxylic acids is 1. The summed E-state index contributed by atoms with van der Waals surface area (Å²) >= 11 is 0. The average molecular weight is 273 g/mol. The van der Waals surface area contributed by atoms with Gasteiger partial charge < -0.3 is 14.4 Å². The lowest BCUT2D eigenvalue weighted by atomic mass is 10.2. The number of aromatic nitrogens is 1. The molecule has 0 aliphatic heterocycles. The van der Waals surface area contributed by atoms with E-state index in [1.165, 1.54) is 5.56 Å². The Hall–Kier alpha value is -2.23. The molecule has 0 bridgehead atoms. The molecule has 106 valence electrons. The summed E-state index contributed by atoms with van der Waals surface area (Å²) in [5, 5.41) is 9.09. The zero-order valence-electron chi connectivity index (χ0n) is 12.0. The molecule has 0 radical (unpaired) electrons. The highest BCUT2D eigenvalue weighted by atomic mass is 16.5. The standard InChI is InChI=1S/C16H19NO3/c1-11-4-6-14(7-5-11)20-9-8-17-12(2)10-15(13(17)3)16(18)19/h4-7,10H,8-9H2,1-3H3,(H,18,19). The van der Waals surface area contributed by atoms with Gasteiger partial charge in [0, 0.05) is 11.4 Å². The second-order valence-electron chi connectivity index (χ2n) is 4.90. The number of rotatable bonds is 5. The Morgan fingerprint density at radius 1 is 1.20 bits per heavy atom. The van der Waals surface area contributed by atoms with Crippen LogP contribution in [0.1, 0.15) is 27.3 Å². The van der Waals surface area contributed by atoms with Gasteiger partial charge in [-0.1, -0.05) is 17.7 Å². The van der Waals surface area contributed by atoms with Crippen molar-refractivity contribution in [2.75, 3.05) is 6.61 Å². The molecule has 2 rings (SSSR count). The van der Waals surface area contributed by atoms with Crippen LogP contribution in [0.3, 0.4) is 0 Å². The van der Waals surface area contributed by atoms with Gasteiger partial charge in [0.05, 0.1) is 12.1 Å². The molecular formula is C16H19NO3. The monoisotopic (exact) mass is 273 g/mol. The average Bonchev–Trinajstić information content (AvgIpc) is 2.69. The van der Waals surface area contributed by atoms with Gasteiger partial charge in [0.25, 0.3) is 0 Å². The summed E-state index contributed by atoms with van der Waals surface area (Å²) in [7, 11) is 0. The first-order chi connectivity index (χ1) is 9.49. The number of hydrogen-bond donors (Lipinski definition) is 1. The largest absolute Gasteiger partial charge is 0.492 e. The van der Waals surface area contributed by atoms with Crippen molar-refractivity contribution < 1.29 is 14.6 Å². The summed E-state index contributed by atoms with van der Waals surface area (Å²) in [4.78, 5) is 11.1. The maximum atomic E-state index is 11.1. The molecule has 0 amide bonds. The Morgan fingerprint density at radius 3 is 2.40 bits per heavy atom. The van der Waals surface area contributed by atoms with Crippen molar-refractivity contribution >= 4 is 5.97 Å². The SMILES string of the molecule is Cc1ccc(OCCn2c(C)cc(C(=O)O)c2C)cc1. The van der Waals surface area contributed by atoms with Gasteiger partial charge in [-0.05, 0) is 39.0 Å². The third-order valence-electron chi connectivity index (χ3n) is 3.41. The summed E-state index contributed by atoms with van der Waals surface area (Å²) in [6.45, 7) is 6.91. The smallest absolute Gasteiger partial charge is 0.337 e. The van der Waals surface area contributed by atoms with Gasteiger partial charge in [0.15, 0.2) is 0 Å². The van der Waals surface area contributed by atoms with Crippen LogP contribution in [0.15, 0.2) is 30.3 Å². The first-order valence-corrected chi connectivity index (χ1v) is 6.58. The Kier molecular flexibility index (Phi) is 4.13. The first kappa shape index (κ1) is 14.2. The first-order valence-electron chi connectivity index (χ1n) is 6.58. The van der Waals surface area contributed by atoms with E-state index >= 15 is 0 Å². The molecule has 0 aliphatic carbocycles. The minimum Gasteiger partial charge on any atom is -0.492 e. The Morgan fingerprint density at radius 2 is 1.85 bits per heavy atom. The zero-order valence-corrected chi connectivity index (χ0v) is 12.0. The molecule has 1 aromatic carbocycles. The molecule has 0 saturated heterocycles.